The Bertz CT molecular complexity index is 790. The summed E-state index contributed by atoms with van der Waals surface area (Å²) < 4.78 is 13.3. The molecule has 22 heavy (non-hydrogen) atoms. The van der Waals surface area contributed by atoms with Gasteiger partial charge in [0.15, 0.2) is 0 Å². The minimum absolute atomic E-state index is 0.302. The van der Waals surface area contributed by atoms with Crippen LogP contribution in [-0.4, -0.2) is 15.1 Å². The number of benzene rings is 2. The topological polar surface area (TPSA) is 48.9 Å². The summed E-state index contributed by atoms with van der Waals surface area (Å²) in [7, 11) is 0. The SMILES string of the molecule is Cc1cc(C)cc(C(O)c2ncc(-c3cccc(F)c3)[nH]2)c1. The van der Waals surface area contributed by atoms with Crippen LogP contribution < -0.4 is 0 Å². The molecule has 0 radical (unpaired) electrons. The fourth-order valence-corrected chi connectivity index (χ4v) is 2.60. The Morgan fingerprint density at radius 3 is 2.50 bits per heavy atom. The molecule has 0 spiro atoms. The number of nitrogens with zero attached hydrogens (tertiary/aromatic N) is 1. The van der Waals surface area contributed by atoms with Gasteiger partial charge in [-0.3, -0.25) is 0 Å². The molecular formula is C18H17FN2O. The monoisotopic (exact) mass is 296 g/mol. The Morgan fingerprint density at radius 2 is 1.82 bits per heavy atom. The molecule has 1 atom stereocenters. The maximum absolute atomic E-state index is 13.3. The van der Waals surface area contributed by atoms with Gasteiger partial charge < -0.3 is 10.1 Å². The highest BCUT2D eigenvalue weighted by molar-refractivity contribution is 5.58. The van der Waals surface area contributed by atoms with Gasteiger partial charge in [0.25, 0.3) is 0 Å². The standard InChI is InChI=1S/C18H17FN2O/c1-11-6-12(2)8-14(7-11)17(22)18-20-10-16(21-18)13-4-3-5-15(19)9-13/h3-10,17,22H,1-2H3,(H,20,21). The van der Waals surface area contributed by atoms with E-state index in [4.69, 9.17) is 0 Å². The van der Waals surface area contributed by atoms with Gasteiger partial charge in [-0.05, 0) is 31.5 Å². The van der Waals surface area contributed by atoms with Gasteiger partial charge in [0.2, 0.25) is 0 Å². The van der Waals surface area contributed by atoms with Crippen molar-refractivity contribution in [2.24, 2.45) is 0 Å². The summed E-state index contributed by atoms with van der Waals surface area (Å²) in [5, 5.41) is 10.5. The molecule has 3 aromatic rings. The molecule has 0 aliphatic heterocycles. The van der Waals surface area contributed by atoms with Crippen LogP contribution in [0, 0.1) is 19.7 Å². The molecule has 3 rings (SSSR count). The van der Waals surface area contributed by atoms with E-state index < -0.39 is 6.10 Å². The molecule has 0 aliphatic carbocycles. The third kappa shape index (κ3) is 2.92. The second-order valence-corrected chi connectivity index (χ2v) is 5.52. The first-order valence-corrected chi connectivity index (χ1v) is 7.10. The van der Waals surface area contributed by atoms with Gasteiger partial charge in [0.05, 0.1) is 11.9 Å². The molecule has 4 heteroatoms. The molecule has 112 valence electrons. The van der Waals surface area contributed by atoms with E-state index in [1.165, 1.54) is 12.1 Å². The fraction of sp³-hybridized carbons (Fsp3) is 0.167. The normalized spacial score (nSPS) is 12.4. The Hall–Kier alpha value is -2.46. The number of aliphatic hydroxyl groups is 1. The maximum Gasteiger partial charge on any atom is 0.140 e. The second-order valence-electron chi connectivity index (χ2n) is 5.52. The average molecular weight is 296 g/mol. The van der Waals surface area contributed by atoms with Crippen LogP contribution in [0.5, 0.6) is 0 Å². The van der Waals surface area contributed by atoms with E-state index >= 15 is 0 Å². The molecule has 2 aromatic carbocycles. The number of halogens is 1. The molecular weight excluding hydrogens is 279 g/mol. The van der Waals surface area contributed by atoms with Crippen molar-refractivity contribution in [1.82, 2.24) is 9.97 Å². The number of hydrogen-bond acceptors (Lipinski definition) is 2. The van der Waals surface area contributed by atoms with Crippen LogP contribution in [0.15, 0.2) is 48.7 Å². The number of imidazole rings is 1. The third-order valence-corrected chi connectivity index (χ3v) is 3.55. The highest BCUT2D eigenvalue weighted by atomic mass is 19.1. The predicted molar refractivity (Wildman–Crippen MR) is 84.0 cm³/mol. The van der Waals surface area contributed by atoms with Gasteiger partial charge in [0, 0.05) is 5.56 Å². The van der Waals surface area contributed by atoms with Crippen LogP contribution in [0.25, 0.3) is 11.3 Å². The number of H-pyrrole nitrogens is 1. The van der Waals surface area contributed by atoms with Crippen molar-refractivity contribution >= 4 is 0 Å². The van der Waals surface area contributed by atoms with Crippen molar-refractivity contribution in [3.8, 4) is 11.3 Å². The molecule has 0 saturated carbocycles. The van der Waals surface area contributed by atoms with Gasteiger partial charge in [-0.15, -0.1) is 0 Å². The minimum atomic E-state index is -0.832. The largest absolute Gasteiger partial charge is 0.380 e. The fourth-order valence-electron chi connectivity index (χ4n) is 2.60. The zero-order chi connectivity index (χ0) is 15.7. The Labute approximate surface area is 128 Å². The van der Waals surface area contributed by atoms with Crippen LogP contribution in [0.3, 0.4) is 0 Å². The molecule has 1 unspecified atom stereocenters. The van der Waals surface area contributed by atoms with Gasteiger partial charge in [-0.1, -0.05) is 41.5 Å². The van der Waals surface area contributed by atoms with Crippen molar-refractivity contribution < 1.29 is 9.50 Å². The first kappa shape index (κ1) is 14.5. The lowest BCUT2D eigenvalue weighted by Crippen LogP contribution is -2.02. The first-order valence-electron chi connectivity index (χ1n) is 7.10. The molecule has 1 aromatic heterocycles. The minimum Gasteiger partial charge on any atom is -0.380 e. The highest BCUT2D eigenvalue weighted by Crippen LogP contribution is 2.25. The Kier molecular flexibility index (Phi) is 3.77. The number of aryl methyl sites for hydroxylation is 2. The number of rotatable bonds is 3. The highest BCUT2D eigenvalue weighted by Gasteiger charge is 2.15. The van der Waals surface area contributed by atoms with Crippen molar-refractivity contribution in [2.45, 2.75) is 20.0 Å². The van der Waals surface area contributed by atoms with E-state index in [9.17, 15) is 9.50 Å². The number of aromatic nitrogens is 2. The van der Waals surface area contributed by atoms with Crippen molar-refractivity contribution in [3.63, 3.8) is 0 Å². The Balaban J connectivity index is 1.93. The number of aromatic amines is 1. The van der Waals surface area contributed by atoms with Crippen LogP contribution in [0.4, 0.5) is 4.39 Å². The summed E-state index contributed by atoms with van der Waals surface area (Å²) in [6, 6.07) is 12.2. The lowest BCUT2D eigenvalue weighted by atomic mass is 10.0. The average Bonchev–Trinajstić information content (AvgIpc) is 2.95. The van der Waals surface area contributed by atoms with Gasteiger partial charge in [-0.25, -0.2) is 9.37 Å². The summed E-state index contributed by atoms with van der Waals surface area (Å²) in [6.45, 7) is 3.98. The Morgan fingerprint density at radius 1 is 1.09 bits per heavy atom. The number of hydrogen-bond donors (Lipinski definition) is 2. The molecule has 0 amide bonds. The van der Waals surface area contributed by atoms with Crippen molar-refractivity contribution in [2.75, 3.05) is 0 Å². The van der Waals surface area contributed by atoms with Crippen LogP contribution in [0.1, 0.15) is 28.6 Å². The van der Waals surface area contributed by atoms with E-state index in [-0.39, 0.29) is 5.82 Å². The summed E-state index contributed by atoms with van der Waals surface area (Å²) in [5.74, 6) is 0.146. The lowest BCUT2D eigenvalue weighted by molar-refractivity contribution is 0.211. The van der Waals surface area contributed by atoms with Gasteiger partial charge >= 0.3 is 0 Å². The maximum atomic E-state index is 13.3. The molecule has 2 N–H and O–H groups in total. The predicted octanol–water partition coefficient (Wildman–Crippen LogP) is 3.91. The van der Waals surface area contributed by atoms with Crippen molar-refractivity contribution in [1.29, 1.82) is 0 Å². The summed E-state index contributed by atoms with van der Waals surface area (Å²) in [6.07, 6.45) is 0.775. The molecule has 0 aliphatic rings. The molecule has 0 fully saturated rings. The van der Waals surface area contributed by atoms with E-state index in [1.807, 2.05) is 26.0 Å². The van der Waals surface area contributed by atoms with E-state index in [0.29, 0.717) is 17.1 Å². The van der Waals surface area contributed by atoms with Gasteiger partial charge in [-0.2, -0.15) is 0 Å². The van der Waals surface area contributed by atoms with E-state index in [2.05, 4.69) is 16.0 Å². The van der Waals surface area contributed by atoms with Crippen molar-refractivity contribution in [3.05, 3.63) is 77.0 Å². The second kappa shape index (κ2) is 5.73. The first-order chi connectivity index (χ1) is 10.5. The zero-order valence-electron chi connectivity index (χ0n) is 12.5. The van der Waals surface area contributed by atoms with Crippen LogP contribution >= 0.6 is 0 Å². The smallest absolute Gasteiger partial charge is 0.140 e. The summed E-state index contributed by atoms with van der Waals surface area (Å²) >= 11 is 0. The molecule has 3 nitrogen and oxygen atoms in total. The third-order valence-electron chi connectivity index (χ3n) is 3.55. The zero-order valence-corrected chi connectivity index (χ0v) is 12.5. The summed E-state index contributed by atoms with van der Waals surface area (Å²) in [5.41, 5.74) is 4.35. The van der Waals surface area contributed by atoms with E-state index in [1.54, 1.807) is 18.3 Å². The molecule has 0 bridgehead atoms. The van der Waals surface area contributed by atoms with Gasteiger partial charge in [0.1, 0.15) is 17.7 Å². The molecule has 1 heterocycles. The lowest BCUT2D eigenvalue weighted by Gasteiger charge is -2.10. The molecule has 0 saturated heterocycles. The van der Waals surface area contributed by atoms with Crippen LogP contribution in [0.2, 0.25) is 0 Å². The summed E-state index contributed by atoms with van der Waals surface area (Å²) in [4.78, 5) is 7.30. The van der Waals surface area contributed by atoms with E-state index in [0.717, 1.165) is 16.7 Å². The number of nitrogens with one attached hydrogen (secondary N) is 1. The van der Waals surface area contributed by atoms with Crippen LogP contribution in [-0.2, 0) is 0 Å². The number of aliphatic hydroxyl groups excluding tert-OH is 1. The quantitative estimate of drug-likeness (QED) is 0.769.